The van der Waals surface area contributed by atoms with E-state index in [2.05, 4.69) is 21.1 Å². The van der Waals surface area contributed by atoms with E-state index in [0.29, 0.717) is 18.1 Å². The van der Waals surface area contributed by atoms with Crippen molar-refractivity contribution in [1.82, 2.24) is 24.8 Å². The average molecular weight is 416 g/mol. The summed E-state index contributed by atoms with van der Waals surface area (Å²) >= 11 is 0. The monoisotopic (exact) mass is 416 g/mol. The minimum atomic E-state index is -0.149. The van der Waals surface area contributed by atoms with Gasteiger partial charge in [-0.25, -0.2) is 5.06 Å². The van der Waals surface area contributed by atoms with Gasteiger partial charge >= 0.3 is 0 Å². The van der Waals surface area contributed by atoms with E-state index in [1.165, 1.54) is 0 Å². The van der Waals surface area contributed by atoms with Crippen LogP contribution in [0.4, 0.5) is 0 Å². The first-order valence-corrected chi connectivity index (χ1v) is 10.8. The Hall–Kier alpha value is -3.31. The van der Waals surface area contributed by atoms with Crippen LogP contribution in [0.25, 0.3) is 10.9 Å². The topological polar surface area (TPSA) is 96.9 Å². The van der Waals surface area contributed by atoms with Gasteiger partial charge in [0.15, 0.2) is 0 Å². The third kappa shape index (κ3) is 3.89. The van der Waals surface area contributed by atoms with Crippen LogP contribution in [0.1, 0.15) is 49.4 Å². The quantitative estimate of drug-likeness (QED) is 0.647. The zero-order valence-electron chi connectivity index (χ0n) is 17.2. The second-order valence-electron chi connectivity index (χ2n) is 8.36. The summed E-state index contributed by atoms with van der Waals surface area (Å²) in [5.41, 5.74) is 2.42. The zero-order valence-corrected chi connectivity index (χ0v) is 17.2. The number of nitrogens with zero attached hydrogens (tertiary/aromatic N) is 6. The molecule has 8 nitrogen and oxygen atoms in total. The summed E-state index contributed by atoms with van der Waals surface area (Å²) in [4.78, 5) is 27.3. The lowest BCUT2D eigenvalue weighted by Gasteiger charge is -2.31. The normalized spacial score (nSPS) is 23.7. The van der Waals surface area contributed by atoms with Crippen LogP contribution >= 0.6 is 0 Å². The molecule has 1 saturated carbocycles. The van der Waals surface area contributed by atoms with E-state index in [4.69, 9.17) is 4.84 Å². The first kappa shape index (κ1) is 19.6. The summed E-state index contributed by atoms with van der Waals surface area (Å²) in [6, 6.07) is 7.71. The number of hydrogen-bond donors (Lipinski definition) is 0. The molecule has 1 aliphatic carbocycles. The minimum absolute atomic E-state index is 0.0203. The number of nitriles is 1. The van der Waals surface area contributed by atoms with Crippen molar-refractivity contribution >= 4 is 16.8 Å². The minimum Gasteiger partial charge on any atom is -0.272 e. The molecular formula is C23H24N6O2. The lowest BCUT2D eigenvalue weighted by molar-refractivity contribution is -0.183. The highest BCUT2D eigenvalue weighted by atomic mass is 16.7. The van der Waals surface area contributed by atoms with Crippen molar-refractivity contribution in [2.24, 2.45) is 11.8 Å². The Labute approximate surface area is 180 Å². The van der Waals surface area contributed by atoms with Gasteiger partial charge in [0.25, 0.3) is 0 Å². The third-order valence-electron chi connectivity index (χ3n) is 6.45. The van der Waals surface area contributed by atoms with Crippen LogP contribution in [-0.2, 0) is 16.2 Å². The van der Waals surface area contributed by atoms with Crippen molar-refractivity contribution in [3.8, 4) is 6.07 Å². The van der Waals surface area contributed by atoms with E-state index in [0.717, 1.165) is 55.2 Å². The summed E-state index contributed by atoms with van der Waals surface area (Å²) in [7, 11) is 0. The average Bonchev–Trinajstić information content (AvgIpc) is 3.47. The van der Waals surface area contributed by atoms with Crippen molar-refractivity contribution < 1.29 is 9.63 Å². The molecule has 31 heavy (non-hydrogen) atoms. The Balaban J connectivity index is 1.22. The molecule has 1 aliphatic heterocycles. The van der Waals surface area contributed by atoms with Crippen molar-refractivity contribution in [3.63, 3.8) is 0 Å². The molecule has 0 unspecified atom stereocenters. The molecule has 0 N–H and O–H groups in total. The number of hydrogen-bond acceptors (Lipinski definition) is 6. The van der Waals surface area contributed by atoms with Crippen LogP contribution in [0.3, 0.4) is 0 Å². The Bertz CT molecular complexity index is 1110. The highest BCUT2D eigenvalue weighted by Crippen LogP contribution is 2.36. The molecule has 3 aromatic rings. The smallest absolute Gasteiger partial charge is 0.249 e. The van der Waals surface area contributed by atoms with Gasteiger partial charge in [-0.15, -0.1) is 0 Å². The second kappa shape index (κ2) is 8.44. The first-order chi connectivity index (χ1) is 15.2. The molecular weight excluding hydrogens is 392 g/mol. The van der Waals surface area contributed by atoms with Crippen LogP contribution in [0.5, 0.6) is 0 Å². The van der Waals surface area contributed by atoms with Crippen LogP contribution in [-0.4, -0.2) is 37.3 Å². The second-order valence-corrected chi connectivity index (χ2v) is 8.36. The van der Waals surface area contributed by atoms with E-state index in [9.17, 15) is 10.1 Å². The fraction of sp³-hybridized carbons (Fsp3) is 0.435. The lowest BCUT2D eigenvalue weighted by atomic mass is 9.81. The van der Waals surface area contributed by atoms with Gasteiger partial charge in [0.1, 0.15) is 6.04 Å². The molecule has 1 aromatic carbocycles. The summed E-state index contributed by atoms with van der Waals surface area (Å²) in [6.45, 7) is 1.33. The van der Waals surface area contributed by atoms with Crippen LogP contribution < -0.4 is 0 Å². The Kier molecular flexibility index (Phi) is 5.35. The zero-order chi connectivity index (χ0) is 21.2. The maximum atomic E-state index is 13.2. The summed E-state index contributed by atoms with van der Waals surface area (Å²) < 4.78 is 2.00. The van der Waals surface area contributed by atoms with Gasteiger partial charge in [-0.1, -0.05) is 0 Å². The van der Waals surface area contributed by atoms with Crippen molar-refractivity contribution in [1.29, 1.82) is 5.26 Å². The SMILES string of the molecule is N#Cc1ccc2cnn(CC3CCC(C(=O)N4OCC[C@H]4c4cnccn4)CC3)c2c1. The summed E-state index contributed by atoms with van der Waals surface area (Å²) in [6.07, 6.45) is 11.2. The standard InChI is InChI=1S/C23H24N6O2/c24-12-17-3-6-19-13-27-28(22(19)11-17)15-16-1-4-18(5-2-16)23(30)29-21(7-10-31-29)20-14-25-8-9-26-20/h3,6,8-9,11,13-14,16,18,21H,1-2,4-5,7,10,15H2/t16?,18?,21-/m0/s1. The first-order valence-electron chi connectivity index (χ1n) is 10.8. The lowest BCUT2D eigenvalue weighted by Crippen LogP contribution is -2.37. The van der Waals surface area contributed by atoms with Crippen LogP contribution in [0.2, 0.25) is 0 Å². The summed E-state index contributed by atoms with van der Waals surface area (Å²) in [5.74, 6) is 0.510. The molecule has 3 heterocycles. The molecule has 0 radical (unpaired) electrons. The number of benzene rings is 1. The van der Waals surface area contributed by atoms with Gasteiger partial charge in [0, 0.05) is 36.7 Å². The van der Waals surface area contributed by atoms with E-state index < -0.39 is 0 Å². The predicted octanol–water partition coefficient (Wildman–Crippen LogP) is 3.41. The van der Waals surface area contributed by atoms with Crippen molar-refractivity contribution in [2.75, 3.05) is 6.61 Å². The molecule has 5 rings (SSSR count). The van der Waals surface area contributed by atoms with Gasteiger partial charge in [-0.05, 0) is 49.8 Å². The number of aromatic nitrogens is 4. The Morgan fingerprint density at radius 3 is 2.81 bits per heavy atom. The molecule has 8 heteroatoms. The summed E-state index contributed by atoms with van der Waals surface area (Å²) in [5, 5.41) is 16.3. The third-order valence-corrected chi connectivity index (χ3v) is 6.45. The number of fused-ring (bicyclic) bond motifs is 1. The molecule has 2 aromatic heterocycles. The molecule has 1 amide bonds. The molecule has 1 saturated heterocycles. The molecule has 2 aliphatic rings. The Morgan fingerprint density at radius 2 is 2.03 bits per heavy atom. The van der Waals surface area contributed by atoms with E-state index in [-0.39, 0.29) is 17.9 Å². The molecule has 2 fully saturated rings. The van der Waals surface area contributed by atoms with Gasteiger partial charge < -0.3 is 0 Å². The van der Waals surface area contributed by atoms with Crippen LogP contribution in [0, 0.1) is 23.2 Å². The van der Waals surface area contributed by atoms with Gasteiger partial charge in [-0.3, -0.25) is 24.3 Å². The van der Waals surface area contributed by atoms with E-state index in [1.807, 2.05) is 29.1 Å². The number of hydroxylamine groups is 2. The molecule has 0 spiro atoms. The van der Waals surface area contributed by atoms with Crippen molar-refractivity contribution in [2.45, 2.75) is 44.7 Å². The van der Waals surface area contributed by atoms with Gasteiger partial charge in [-0.2, -0.15) is 10.4 Å². The number of carbonyl (C=O) groups excluding carboxylic acids is 1. The largest absolute Gasteiger partial charge is 0.272 e. The maximum absolute atomic E-state index is 13.2. The highest BCUT2D eigenvalue weighted by molar-refractivity contribution is 5.80. The number of rotatable bonds is 4. The van der Waals surface area contributed by atoms with Crippen LogP contribution in [0.15, 0.2) is 43.0 Å². The maximum Gasteiger partial charge on any atom is 0.249 e. The van der Waals surface area contributed by atoms with Gasteiger partial charge in [0.2, 0.25) is 5.91 Å². The number of amides is 1. The number of carbonyl (C=O) groups is 1. The van der Waals surface area contributed by atoms with Crippen molar-refractivity contribution in [3.05, 3.63) is 54.2 Å². The van der Waals surface area contributed by atoms with E-state index in [1.54, 1.807) is 23.7 Å². The fourth-order valence-corrected chi connectivity index (χ4v) is 4.74. The van der Waals surface area contributed by atoms with Gasteiger partial charge in [0.05, 0.1) is 41.8 Å². The van der Waals surface area contributed by atoms with E-state index >= 15 is 0 Å². The fourth-order valence-electron chi connectivity index (χ4n) is 4.74. The molecule has 1 atom stereocenters. The predicted molar refractivity (Wildman–Crippen MR) is 112 cm³/mol. The Morgan fingerprint density at radius 1 is 1.16 bits per heavy atom. The molecule has 158 valence electrons. The molecule has 0 bridgehead atoms. The highest BCUT2D eigenvalue weighted by Gasteiger charge is 2.38.